The Kier molecular flexibility index (Phi) is 4.10. The molecule has 0 fully saturated rings. The first kappa shape index (κ1) is 17.5. The van der Waals surface area contributed by atoms with E-state index in [1.54, 1.807) is 0 Å². The Morgan fingerprint density at radius 1 is 0.960 bits per heavy atom. The maximum atomic E-state index is 11.8. The van der Waals surface area contributed by atoms with Crippen LogP contribution in [0.1, 0.15) is 51.7 Å². The Hall–Kier alpha value is -2.36. The average molecular weight is 338 g/mol. The van der Waals surface area contributed by atoms with E-state index in [2.05, 4.69) is 27.7 Å². The first-order valence-corrected chi connectivity index (χ1v) is 8.76. The molecule has 132 valence electrons. The van der Waals surface area contributed by atoms with E-state index in [0.29, 0.717) is 5.69 Å². The number of nitro groups is 1. The van der Waals surface area contributed by atoms with Crippen LogP contribution in [0.2, 0.25) is 0 Å². The lowest BCUT2D eigenvalue weighted by Gasteiger charge is -2.42. The van der Waals surface area contributed by atoms with Gasteiger partial charge in [-0.05, 0) is 53.0 Å². The molecular formula is C21H26N2O2. The van der Waals surface area contributed by atoms with Crippen molar-refractivity contribution in [2.75, 3.05) is 11.9 Å². The SMILES string of the molecule is CN(c1ccccc1)c1cc2c(cc1[N+](=O)[O-])C(C)(C)CCC2(C)C. The van der Waals surface area contributed by atoms with Crippen molar-refractivity contribution in [3.8, 4) is 0 Å². The van der Waals surface area contributed by atoms with Gasteiger partial charge in [0.1, 0.15) is 5.69 Å². The summed E-state index contributed by atoms with van der Waals surface area (Å²) in [5.74, 6) is 0. The monoisotopic (exact) mass is 338 g/mol. The van der Waals surface area contributed by atoms with Crippen LogP contribution in [0.15, 0.2) is 42.5 Å². The number of hydrogen-bond donors (Lipinski definition) is 0. The average Bonchev–Trinajstić information content (AvgIpc) is 2.58. The van der Waals surface area contributed by atoms with E-state index in [-0.39, 0.29) is 21.4 Å². The van der Waals surface area contributed by atoms with E-state index in [1.165, 1.54) is 5.56 Å². The molecule has 0 saturated heterocycles. The molecule has 0 bridgehead atoms. The zero-order valence-electron chi connectivity index (χ0n) is 15.7. The molecule has 0 amide bonds. The number of nitro benzene ring substituents is 1. The molecule has 1 aliphatic carbocycles. The van der Waals surface area contributed by atoms with Gasteiger partial charge in [-0.25, -0.2) is 0 Å². The summed E-state index contributed by atoms with van der Waals surface area (Å²) in [6, 6.07) is 13.6. The van der Waals surface area contributed by atoms with Crippen molar-refractivity contribution in [1.29, 1.82) is 0 Å². The lowest BCUT2D eigenvalue weighted by atomic mass is 9.63. The van der Waals surface area contributed by atoms with E-state index in [9.17, 15) is 10.1 Å². The Morgan fingerprint density at radius 2 is 1.48 bits per heavy atom. The van der Waals surface area contributed by atoms with Crippen LogP contribution in [0.4, 0.5) is 17.1 Å². The minimum Gasteiger partial charge on any atom is -0.339 e. The summed E-state index contributed by atoms with van der Waals surface area (Å²) in [7, 11) is 1.89. The molecule has 0 atom stereocenters. The molecule has 0 heterocycles. The van der Waals surface area contributed by atoms with E-state index in [4.69, 9.17) is 0 Å². The van der Waals surface area contributed by atoms with Gasteiger partial charge in [0.2, 0.25) is 0 Å². The summed E-state index contributed by atoms with van der Waals surface area (Å²) in [5.41, 5.74) is 4.09. The lowest BCUT2D eigenvalue weighted by molar-refractivity contribution is -0.384. The molecule has 1 aliphatic rings. The number of rotatable bonds is 3. The van der Waals surface area contributed by atoms with Crippen molar-refractivity contribution >= 4 is 17.1 Å². The molecule has 2 aromatic rings. The van der Waals surface area contributed by atoms with Gasteiger partial charge in [0.25, 0.3) is 5.69 Å². The molecule has 4 nitrogen and oxygen atoms in total. The molecule has 25 heavy (non-hydrogen) atoms. The quantitative estimate of drug-likeness (QED) is 0.532. The molecule has 0 saturated carbocycles. The minimum atomic E-state index is -0.257. The van der Waals surface area contributed by atoms with Crippen LogP contribution in [-0.2, 0) is 10.8 Å². The maximum absolute atomic E-state index is 11.8. The Bertz CT molecular complexity index is 810. The largest absolute Gasteiger partial charge is 0.339 e. The lowest BCUT2D eigenvalue weighted by Crippen LogP contribution is -2.34. The summed E-state index contributed by atoms with van der Waals surface area (Å²) < 4.78 is 0. The van der Waals surface area contributed by atoms with Gasteiger partial charge in [0, 0.05) is 18.8 Å². The van der Waals surface area contributed by atoms with Gasteiger partial charge in [-0.15, -0.1) is 0 Å². The predicted octanol–water partition coefficient (Wildman–Crippen LogP) is 5.71. The Balaban J connectivity index is 2.24. The highest BCUT2D eigenvalue weighted by Crippen LogP contribution is 2.49. The second-order valence-electron chi connectivity index (χ2n) is 8.31. The van der Waals surface area contributed by atoms with Gasteiger partial charge in [-0.2, -0.15) is 0 Å². The number of fused-ring (bicyclic) bond motifs is 1. The Labute approximate surface area is 149 Å². The molecule has 0 radical (unpaired) electrons. The second kappa shape index (κ2) is 5.87. The van der Waals surface area contributed by atoms with E-state index in [0.717, 1.165) is 24.1 Å². The topological polar surface area (TPSA) is 46.4 Å². The van der Waals surface area contributed by atoms with Crippen LogP contribution >= 0.6 is 0 Å². The van der Waals surface area contributed by atoms with Gasteiger partial charge in [-0.3, -0.25) is 10.1 Å². The van der Waals surface area contributed by atoms with Crippen molar-refractivity contribution in [2.45, 2.75) is 51.4 Å². The first-order valence-electron chi connectivity index (χ1n) is 8.76. The summed E-state index contributed by atoms with van der Waals surface area (Å²) in [6.45, 7) is 8.84. The van der Waals surface area contributed by atoms with Crippen molar-refractivity contribution in [1.82, 2.24) is 0 Å². The standard InChI is InChI=1S/C21H26N2O2/c1-20(2)11-12-21(3,4)17-14-19(23(24)25)18(13-16(17)20)22(5)15-9-7-6-8-10-15/h6-10,13-14H,11-12H2,1-5H3. The number of benzene rings is 2. The molecular weight excluding hydrogens is 312 g/mol. The fourth-order valence-electron chi connectivity index (χ4n) is 3.80. The fraction of sp³-hybridized carbons (Fsp3) is 0.429. The van der Waals surface area contributed by atoms with E-state index in [1.807, 2.05) is 54.4 Å². The van der Waals surface area contributed by atoms with Gasteiger partial charge >= 0.3 is 0 Å². The summed E-state index contributed by atoms with van der Waals surface area (Å²) >= 11 is 0. The van der Waals surface area contributed by atoms with Crippen LogP contribution < -0.4 is 4.90 Å². The van der Waals surface area contributed by atoms with Crippen molar-refractivity contribution in [3.05, 3.63) is 63.7 Å². The molecule has 0 aliphatic heterocycles. The smallest absolute Gasteiger partial charge is 0.293 e. The third kappa shape index (κ3) is 3.01. The Morgan fingerprint density at radius 3 is 2.00 bits per heavy atom. The second-order valence-corrected chi connectivity index (χ2v) is 8.31. The van der Waals surface area contributed by atoms with Gasteiger partial charge < -0.3 is 4.90 Å². The first-order chi connectivity index (χ1) is 11.6. The van der Waals surface area contributed by atoms with E-state index < -0.39 is 0 Å². The van der Waals surface area contributed by atoms with Gasteiger partial charge in [0.05, 0.1) is 4.92 Å². The highest BCUT2D eigenvalue weighted by Gasteiger charge is 2.39. The number of para-hydroxylation sites is 1. The molecule has 4 heteroatoms. The van der Waals surface area contributed by atoms with Crippen LogP contribution in [0.3, 0.4) is 0 Å². The molecule has 0 spiro atoms. The molecule has 0 unspecified atom stereocenters. The van der Waals surface area contributed by atoms with Crippen molar-refractivity contribution in [3.63, 3.8) is 0 Å². The summed E-state index contributed by atoms with van der Waals surface area (Å²) in [5, 5.41) is 11.8. The van der Waals surface area contributed by atoms with Crippen LogP contribution in [0.25, 0.3) is 0 Å². The van der Waals surface area contributed by atoms with Crippen LogP contribution in [0.5, 0.6) is 0 Å². The highest BCUT2D eigenvalue weighted by atomic mass is 16.6. The zero-order chi connectivity index (χ0) is 18.4. The summed E-state index contributed by atoms with van der Waals surface area (Å²) in [6.07, 6.45) is 2.12. The van der Waals surface area contributed by atoms with Gasteiger partial charge in [0.15, 0.2) is 0 Å². The molecule has 0 N–H and O–H groups in total. The number of anilines is 2. The highest BCUT2D eigenvalue weighted by molar-refractivity contribution is 5.74. The maximum Gasteiger partial charge on any atom is 0.293 e. The molecule has 0 aromatic heterocycles. The van der Waals surface area contributed by atoms with Crippen molar-refractivity contribution in [2.24, 2.45) is 0 Å². The van der Waals surface area contributed by atoms with Gasteiger partial charge in [-0.1, -0.05) is 45.9 Å². The third-order valence-electron chi connectivity index (χ3n) is 5.65. The normalized spacial score (nSPS) is 17.6. The van der Waals surface area contributed by atoms with Crippen LogP contribution in [-0.4, -0.2) is 12.0 Å². The van der Waals surface area contributed by atoms with Crippen LogP contribution in [0, 0.1) is 10.1 Å². The molecule has 2 aromatic carbocycles. The predicted molar refractivity (Wildman–Crippen MR) is 103 cm³/mol. The summed E-state index contributed by atoms with van der Waals surface area (Å²) in [4.78, 5) is 13.5. The van der Waals surface area contributed by atoms with Crippen molar-refractivity contribution < 1.29 is 4.92 Å². The third-order valence-corrected chi connectivity index (χ3v) is 5.65. The zero-order valence-corrected chi connectivity index (χ0v) is 15.7. The number of nitrogens with zero attached hydrogens (tertiary/aromatic N) is 2. The minimum absolute atomic E-state index is 0.0201. The van der Waals surface area contributed by atoms with E-state index >= 15 is 0 Å². The fourth-order valence-corrected chi connectivity index (χ4v) is 3.80. The number of hydrogen-bond acceptors (Lipinski definition) is 3. The molecule has 3 rings (SSSR count).